The fourth-order valence-corrected chi connectivity index (χ4v) is 3.23. The second-order valence-electron chi connectivity index (χ2n) is 4.02. The Morgan fingerprint density at radius 2 is 1.76 bits per heavy atom. The Hall–Kier alpha value is -0.680. The van der Waals surface area contributed by atoms with Crippen LogP contribution in [0.3, 0.4) is 0 Å². The first-order valence-electron chi connectivity index (χ1n) is 5.25. The summed E-state index contributed by atoms with van der Waals surface area (Å²) in [6.07, 6.45) is 0. The van der Waals surface area contributed by atoms with Gasteiger partial charge in [-0.3, -0.25) is 4.79 Å². The third kappa shape index (κ3) is 2.77. The third-order valence-electron chi connectivity index (χ3n) is 2.68. The van der Waals surface area contributed by atoms with Gasteiger partial charge in [0.15, 0.2) is 19.3 Å². The number of hydrogen-bond donors (Lipinski definition) is 0. The zero-order valence-electron chi connectivity index (χ0n) is 10.0. The predicted molar refractivity (Wildman–Crippen MR) is 72.3 cm³/mol. The first-order valence-corrected chi connectivity index (χ1v) is 7.69. The van der Waals surface area contributed by atoms with Crippen LogP contribution in [0.15, 0.2) is 24.3 Å². The summed E-state index contributed by atoms with van der Waals surface area (Å²) in [6.45, 7) is 4.82. The number of carbonyl (C=O) groups excluding carboxylic acids is 1. The second-order valence-corrected chi connectivity index (χ2v) is 8.75. The zero-order chi connectivity index (χ0) is 13.3. The van der Waals surface area contributed by atoms with Crippen molar-refractivity contribution in [3.63, 3.8) is 0 Å². The van der Waals surface area contributed by atoms with Crippen molar-refractivity contribution >= 4 is 31.6 Å². The van der Waals surface area contributed by atoms with Crippen LogP contribution in [0.25, 0.3) is 0 Å². The van der Waals surface area contributed by atoms with E-state index >= 15 is 0 Å². The van der Waals surface area contributed by atoms with Crippen LogP contribution in [-0.2, 0) is 9.84 Å². The molecule has 0 amide bonds. The van der Waals surface area contributed by atoms with E-state index in [9.17, 15) is 13.2 Å². The van der Waals surface area contributed by atoms with Gasteiger partial charge < -0.3 is 0 Å². The van der Waals surface area contributed by atoms with E-state index in [2.05, 4.69) is 15.9 Å². The standard InChI is InChI=1S/C12H15BrO3S/c1-4-17(15,16)12(3,13)11(14)10-7-5-9(2)6-8-10/h5-8H,4H2,1-3H3/t12-/m1/s1. The van der Waals surface area contributed by atoms with Crippen molar-refractivity contribution in [2.75, 3.05) is 5.75 Å². The van der Waals surface area contributed by atoms with Crippen LogP contribution in [-0.4, -0.2) is 23.6 Å². The average molecular weight is 319 g/mol. The number of sulfone groups is 1. The summed E-state index contributed by atoms with van der Waals surface area (Å²) < 4.78 is 22.1. The smallest absolute Gasteiger partial charge is 0.194 e. The van der Waals surface area contributed by atoms with Gasteiger partial charge in [0.25, 0.3) is 0 Å². The Bertz CT molecular complexity index is 515. The zero-order valence-corrected chi connectivity index (χ0v) is 12.4. The lowest BCUT2D eigenvalue weighted by Crippen LogP contribution is -2.38. The van der Waals surface area contributed by atoms with E-state index in [0.717, 1.165) is 5.56 Å². The number of aryl methyl sites for hydroxylation is 1. The quantitative estimate of drug-likeness (QED) is 0.633. The molecule has 0 N–H and O–H groups in total. The molecule has 0 saturated carbocycles. The summed E-state index contributed by atoms with van der Waals surface area (Å²) in [5.74, 6) is -0.508. The monoisotopic (exact) mass is 318 g/mol. The fraction of sp³-hybridized carbons (Fsp3) is 0.417. The van der Waals surface area contributed by atoms with Crippen LogP contribution in [0.4, 0.5) is 0 Å². The van der Waals surface area contributed by atoms with Crippen molar-refractivity contribution in [1.82, 2.24) is 0 Å². The molecule has 0 heterocycles. The highest BCUT2D eigenvalue weighted by molar-refractivity contribution is 9.12. The van der Waals surface area contributed by atoms with Crippen LogP contribution in [0.5, 0.6) is 0 Å². The lowest BCUT2D eigenvalue weighted by atomic mass is 10.1. The molecule has 0 bridgehead atoms. The molecule has 1 aromatic rings. The van der Waals surface area contributed by atoms with E-state index in [1.807, 2.05) is 6.92 Å². The maximum absolute atomic E-state index is 12.2. The highest BCUT2D eigenvalue weighted by atomic mass is 79.9. The van der Waals surface area contributed by atoms with Crippen molar-refractivity contribution in [2.24, 2.45) is 0 Å². The number of rotatable bonds is 4. The molecule has 1 atom stereocenters. The first kappa shape index (κ1) is 14.4. The molecule has 0 saturated heterocycles. The lowest BCUT2D eigenvalue weighted by molar-refractivity contribution is 0.0983. The van der Waals surface area contributed by atoms with Gasteiger partial charge in [0.1, 0.15) is 0 Å². The van der Waals surface area contributed by atoms with Crippen molar-refractivity contribution in [3.05, 3.63) is 35.4 Å². The van der Waals surface area contributed by atoms with Crippen molar-refractivity contribution in [1.29, 1.82) is 0 Å². The normalized spacial score (nSPS) is 15.3. The van der Waals surface area contributed by atoms with Gasteiger partial charge in [0.05, 0.1) is 0 Å². The number of carbonyl (C=O) groups is 1. The maximum atomic E-state index is 12.2. The molecule has 0 aliphatic carbocycles. The molecule has 17 heavy (non-hydrogen) atoms. The minimum absolute atomic E-state index is 0.0770. The van der Waals surface area contributed by atoms with Gasteiger partial charge >= 0.3 is 0 Å². The summed E-state index contributed by atoms with van der Waals surface area (Å²) in [6, 6.07) is 6.86. The van der Waals surface area contributed by atoms with Gasteiger partial charge in [-0.15, -0.1) is 0 Å². The second kappa shape index (κ2) is 4.90. The van der Waals surface area contributed by atoms with E-state index in [0.29, 0.717) is 5.56 Å². The van der Waals surface area contributed by atoms with Crippen LogP contribution < -0.4 is 0 Å². The molecule has 0 unspecified atom stereocenters. The Labute approximate surface area is 110 Å². The van der Waals surface area contributed by atoms with E-state index in [1.165, 1.54) is 13.8 Å². The van der Waals surface area contributed by atoms with Gasteiger partial charge in [-0.05, 0) is 13.8 Å². The fourth-order valence-electron chi connectivity index (χ4n) is 1.38. The molecule has 0 aliphatic heterocycles. The van der Waals surface area contributed by atoms with Crippen LogP contribution >= 0.6 is 15.9 Å². The SMILES string of the molecule is CCS(=O)(=O)[C@@](C)(Br)C(=O)c1ccc(C)cc1. The molecule has 0 spiro atoms. The Morgan fingerprint density at radius 3 is 2.18 bits per heavy atom. The minimum atomic E-state index is -3.49. The molecule has 3 nitrogen and oxygen atoms in total. The summed E-state index contributed by atoms with van der Waals surface area (Å²) in [4.78, 5) is 12.2. The van der Waals surface area contributed by atoms with Crippen molar-refractivity contribution in [3.8, 4) is 0 Å². The number of alkyl halides is 1. The molecular formula is C12H15BrO3S. The van der Waals surface area contributed by atoms with Gasteiger partial charge in [0.2, 0.25) is 0 Å². The van der Waals surface area contributed by atoms with Gasteiger partial charge in [-0.25, -0.2) is 8.42 Å². The summed E-state index contributed by atoms with van der Waals surface area (Å²) in [5, 5.41) is 0. The van der Waals surface area contributed by atoms with Crippen LogP contribution in [0.1, 0.15) is 29.8 Å². The van der Waals surface area contributed by atoms with Crippen molar-refractivity contribution < 1.29 is 13.2 Å². The number of benzene rings is 1. The topological polar surface area (TPSA) is 51.2 Å². The lowest BCUT2D eigenvalue weighted by Gasteiger charge is -2.20. The van der Waals surface area contributed by atoms with Gasteiger partial charge in [-0.1, -0.05) is 52.7 Å². The first-order chi connectivity index (χ1) is 7.72. The molecule has 1 rings (SSSR count). The molecule has 0 radical (unpaired) electrons. The van der Waals surface area contributed by atoms with E-state index in [4.69, 9.17) is 0 Å². The highest BCUT2D eigenvalue weighted by Crippen LogP contribution is 2.30. The number of Topliss-reactive ketones (excluding diaryl/α,β-unsaturated/α-hetero) is 1. The number of hydrogen-bond acceptors (Lipinski definition) is 3. The Morgan fingerprint density at radius 1 is 1.29 bits per heavy atom. The van der Waals surface area contributed by atoms with E-state index in [1.54, 1.807) is 24.3 Å². The Kier molecular flexibility index (Phi) is 4.15. The molecule has 0 aliphatic rings. The molecule has 94 valence electrons. The molecule has 0 aromatic heterocycles. The summed E-state index contributed by atoms with van der Waals surface area (Å²) in [5.41, 5.74) is 1.42. The average Bonchev–Trinajstić information content (AvgIpc) is 2.28. The predicted octanol–water partition coefficient (Wildman–Crippen LogP) is 2.72. The maximum Gasteiger partial charge on any atom is 0.194 e. The summed E-state index contributed by atoms with van der Waals surface area (Å²) >= 11 is 3.05. The highest BCUT2D eigenvalue weighted by Gasteiger charge is 2.42. The molecule has 0 fully saturated rings. The largest absolute Gasteiger partial charge is 0.291 e. The van der Waals surface area contributed by atoms with Crippen molar-refractivity contribution in [2.45, 2.75) is 24.4 Å². The minimum Gasteiger partial charge on any atom is -0.291 e. The number of halogens is 1. The van der Waals surface area contributed by atoms with Crippen LogP contribution in [0, 0.1) is 6.92 Å². The van der Waals surface area contributed by atoms with Crippen LogP contribution in [0.2, 0.25) is 0 Å². The van der Waals surface area contributed by atoms with Gasteiger partial charge in [-0.2, -0.15) is 0 Å². The summed E-state index contributed by atoms with van der Waals surface area (Å²) in [7, 11) is -3.49. The Balaban J connectivity index is 3.18. The van der Waals surface area contributed by atoms with E-state index in [-0.39, 0.29) is 5.75 Å². The third-order valence-corrected chi connectivity index (χ3v) is 6.64. The molecule has 5 heteroatoms. The molecular weight excluding hydrogens is 304 g/mol. The number of ketones is 1. The molecule has 1 aromatic carbocycles. The van der Waals surface area contributed by atoms with Gasteiger partial charge in [0, 0.05) is 11.3 Å². The van der Waals surface area contributed by atoms with E-state index < -0.39 is 19.3 Å².